The average Bonchev–Trinajstić information content (AvgIpc) is 2.70. The Morgan fingerprint density at radius 1 is 0.929 bits per heavy atom. The molecule has 0 bridgehead atoms. The fourth-order valence-corrected chi connectivity index (χ4v) is 1.97. The van der Waals surface area contributed by atoms with E-state index in [9.17, 15) is 19.8 Å². The van der Waals surface area contributed by atoms with Gasteiger partial charge in [0.25, 0.3) is 0 Å². The fourth-order valence-electron chi connectivity index (χ4n) is 1.97. The molecule has 0 radical (unpaired) electrons. The van der Waals surface area contributed by atoms with Crippen molar-refractivity contribution in [2.75, 3.05) is 13.2 Å². The lowest BCUT2D eigenvalue weighted by Gasteiger charge is -2.07. The molecule has 0 saturated heterocycles. The van der Waals surface area contributed by atoms with E-state index in [4.69, 9.17) is 9.47 Å². The summed E-state index contributed by atoms with van der Waals surface area (Å²) in [6, 6.07) is 10.7. The standard InChI is InChI=1S/C20H18N2O6/c1-2-19(25)27-9-10-28-20(26)17-11-15(5-8-18(17)24)13-22-21-12-14-3-6-16(23)7-4-14/h2-8,11-13,23-24H,1,9-10H2/b21-12+,22-13+. The summed E-state index contributed by atoms with van der Waals surface area (Å²) in [5.41, 5.74) is 1.22. The Hall–Kier alpha value is -3.94. The van der Waals surface area contributed by atoms with Gasteiger partial charge in [0.2, 0.25) is 0 Å². The van der Waals surface area contributed by atoms with Crippen LogP contribution in [0.25, 0.3) is 0 Å². The van der Waals surface area contributed by atoms with Crippen molar-refractivity contribution >= 4 is 24.4 Å². The first-order valence-corrected chi connectivity index (χ1v) is 8.14. The summed E-state index contributed by atoms with van der Waals surface area (Å²) in [6.45, 7) is 2.97. The normalized spacial score (nSPS) is 10.9. The smallest absolute Gasteiger partial charge is 0.342 e. The Morgan fingerprint density at radius 3 is 2.21 bits per heavy atom. The number of carbonyl (C=O) groups is 2. The monoisotopic (exact) mass is 382 g/mol. The molecular formula is C20H18N2O6. The topological polar surface area (TPSA) is 118 Å². The Kier molecular flexibility index (Phi) is 7.47. The van der Waals surface area contributed by atoms with Gasteiger partial charge in [-0.15, -0.1) is 0 Å². The van der Waals surface area contributed by atoms with Gasteiger partial charge in [0.15, 0.2) is 0 Å². The third kappa shape index (κ3) is 6.41. The maximum Gasteiger partial charge on any atom is 0.342 e. The van der Waals surface area contributed by atoms with Crippen molar-refractivity contribution in [2.24, 2.45) is 10.2 Å². The number of hydrogen-bond acceptors (Lipinski definition) is 8. The molecule has 144 valence electrons. The molecule has 2 aromatic carbocycles. The lowest BCUT2D eigenvalue weighted by molar-refractivity contribution is -0.138. The predicted octanol–water partition coefficient (Wildman–Crippen LogP) is 2.44. The van der Waals surface area contributed by atoms with Crippen molar-refractivity contribution < 1.29 is 29.3 Å². The number of phenolic OH excluding ortho intramolecular Hbond substituents is 2. The zero-order valence-electron chi connectivity index (χ0n) is 14.8. The van der Waals surface area contributed by atoms with Gasteiger partial charge in [-0.05, 0) is 53.6 Å². The first-order valence-electron chi connectivity index (χ1n) is 8.14. The SMILES string of the molecule is C=CC(=O)OCCOC(=O)c1cc(/C=N/N=C/c2ccc(O)cc2)ccc1O. The molecule has 28 heavy (non-hydrogen) atoms. The summed E-state index contributed by atoms with van der Waals surface area (Å²) in [5.74, 6) is -1.49. The highest BCUT2D eigenvalue weighted by molar-refractivity contribution is 5.95. The summed E-state index contributed by atoms with van der Waals surface area (Å²) in [7, 11) is 0. The molecule has 0 saturated carbocycles. The molecule has 0 aliphatic rings. The van der Waals surface area contributed by atoms with Gasteiger partial charge in [-0.25, -0.2) is 9.59 Å². The second-order valence-electron chi connectivity index (χ2n) is 5.36. The van der Waals surface area contributed by atoms with Crippen molar-refractivity contribution in [3.05, 3.63) is 71.8 Å². The number of benzene rings is 2. The molecule has 0 atom stereocenters. The first kappa shape index (κ1) is 20.4. The highest BCUT2D eigenvalue weighted by Gasteiger charge is 2.13. The highest BCUT2D eigenvalue weighted by Crippen LogP contribution is 2.19. The minimum absolute atomic E-state index is 0.0542. The van der Waals surface area contributed by atoms with Crippen LogP contribution in [0.3, 0.4) is 0 Å². The minimum Gasteiger partial charge on any atom is -0.508 e. The lowest BCUT2D eigenvalue weighted by atomic mass is 10.1. The van der Waals surface area contributed by atoms with Crippen molar-refractivity contribution in [3.8, 4) is 11.5 Å². The number of carbonyl (C=O) groups excluding carboxylic acids is 2. The average molecular weight is 382 g/mol. The van der Waals surface area contributed by atoms with E-state index in [1.54, 1.807) is 18.2 Å². The minimum atomic E-state index is -0.769. The van der Waals surface area contributed by atoms with Crippen LogP contribution < -0.4 is 0 Å². The van der Waals surface area contributed by atoms with Crippen LogP contribution in [0.4, 0.5) is 0 Å². The second-order valence-corrected chi connectivity index (χ2v) is 5.36. The number of esters is 2. The van der Waals surface area contributed by atoms with Crippen molar-refractivity contribution in [2.45, 2.75) is 0 Å². The van der Waals surface area contributed by atoms with Gasteiger partial charge < -0.3 is 19.7 Å². The maximum atomic E-state index is 12.0. The van der Waals surface area contributed by atoms with Crippen LogP contribution >= 0.6 is 0 Å². The van der Waals surface area contributed by atoms with E-state index < -0.39 is 11.9 Å². The molecule has 0 fully saturated rings. The van der Waals surface area contributed by atoms with Gasteiger partial charge in [0, 0.05) is 6.08 Å². The van der Waals surface area contributed by atoms with Gasteiger partial charge in [0.05, 0.1) is 12.4 Å². The number of aromatic hydroxyl groups is 2. The van der Waals surface area contributed by atoms with E-state index in [1.165, 1.54) is 36.7 Å². The number of phenols is 2. The zero-order valence-corrected chi connectivity index (χ0v) is 14.8. The van der Waals surface area contributed by atoms with E-state index in [1.807, 2.05) is 0 Å². The van der Waals surface area contributed by atoms with E-state index in [0.29, 0.717) is 5.56 Å². The highest BCUT2D eigenvalue weighted by atomic mass is 16.6. The fraction of sp³-hybridized carbons (Fsp3) is 0.100. The molecule has 0 unspecified atom stereocenters. The van der Waals surface area contributed by atoms with E-state index in [-0.39, 0.29) is 30.3 Å². The van der Waals surface area contributed by atoms with E-state index >= 15 is 0 Å². The molecule has 0 amide bonds. The molecule has 8 nitrogen and oxygen atoms in total. The largest absolute Gasteiger partial charge is 0.508 e. The van der Waals surface area contributed by atoms with Gasteiger partial charge in [-0.3, -0.25) is 0 Å². The van der Waals surface area contributed by atoms with Gasteiger partial charge in [0.1, 0.15) is 30.3 Å². The molecule has 0 aromatic heterocycles. The summed E-state index contributed by atoms with van der Waals surface area (Å²) < 4.78 is 9.64. The lowest BCUT2D eigenvalue weighted by Crippen LogP contribution is -2.13. The number of rotatable bonds is 8. The Bertz CT molecular complexity index is 903. The molecule has 0 aliphatic heterocycles. The van der Waals surface area contributed by atoms with Crippen LogP contribution in [0.15, 0.2) is 65.3 Å². The predicted molar refractivity (Wildman–Crippen MR) is 103 cm³/mol. The second kappa shape index (κ2) is 10.3. The van der Waals surface area contributed by atoms with Gasteiger partial charge in [-0.2, -0.15) is 10.2 Å². The number of ether oxygens (including phenoxy) is 2. The van der Waals surface area contributed by atoms with Crippen LogP contribution in [0.2, 0.25) is 0 Å². The molecular weight excluding hydrogens is 364 g/mol. The number of hydrogen-bond donors (Lipinski definition) is 2. The van der Waals surface area contributed by atoms with E-state index in [2.05, 4.69) is 16.8 Å². The maximum absolute atomic E-state index is 12.0. The van der Waals surface area contributed by atoms with Crippen molar-refractivity contribution in [1.82, 2.24) is 0 Å². The molecule has 2 N–H and O–H groups in total. The molecule has 0 aliphatic carbocycles. The molecule has 8 heteroatoms. The summed E-state index contributed by atoms with van der Waals surface area (Å²) in [4.78, 5) is 22.9. The van der Waals surface area contributed by atoms with Crippen molar-refractivity contribution in [1.29, 1.82) is 0 Å². The van der Waals surface area contributed by atoms with Crippen molar-refractivity contribution in [3.63, 3.8) is 0 Å². The van der Waals surface area contributed by atoms with Crippen LogP contribution in [-0.4, -0.2) is 47.8 Å². The van der Waals surface area contributed by atoms with E-state index in [0.717, 1.165) is 11.6 Å². The quantitative estimate of drug-likeness (QED) is 0.238. The van der Waals surface area contributed by atoms with Crippen LogP contribution in [-0.2, 0) is 14.3 Å². The first-order chi connectivity index (χ1) is 13.5. The van der Waals surface area contributed by atoms with Gasteiger partial charge >= 0.3 is 11.9 Å². The molecule has 2 rings (SSSR count). The molecule has 2 aromatic rings. The molecule has 0 spiro atoms. The molecule has 0 heterocycles. The Morgan fingerprint density at radius 2 is 1.54 bits per heavy atom. The Balaban J connectivity index is 1.95. The van der Waals surface area contributed by atoms with Crippen LogP contribution in [0.1, 0.15) is 21.5 Å². The Labute approximate surface area is 161 Å². The van der Waals surface area contributed by atoms with Gasteiger partial charge in [-0.1, -0.05) is 6.58 Å². The third-order valence-corrected chi connectivity index (χ3v) is 3.34. The van der Waals surface area contributed by atoms with Crippen LogP contribution in [0, 0.1) is 0 Å². The summed E-state index contributed by atoms with van der Waals surface area (Å²) >= 11 is 0. The third-order valence-electron chi connectivity index (χ3n) is 3.34. The number of nitrogens with zero attached hydrogens (tertiary/aromatic N) is 2. The zero-order chi connectivity index (χ0) is 20.4. The summed E-state index contributed by atoms with van der Waals surface area (Å²) in [6.07, 6.45) is 3.90. The summed E-state index contributed by atoms with van der Waals surface area (Å²) in [5, 5.41) is 26.8. The van der Waals surface area contributed by atoms with Crippen LogP contribution in [0.5, 0.6) is 11.5 Å².